The van der Waals surface area contributed by atoms with E-state index >= 15 is 0 Å². The summed E-state index contributed by atoms with van der Waals surface area (Å²) in [5.74, 6) is 0. The Morgan fingerprint density at radius 2 is 1.81 bits per heavy atom. The fourth-order valence-electron chi connectivity index (χ4n) is 2.52. The molecule has 0 bridgehead atoms. The zero-order valence-corrected chi connectivity index (χ0v) is 12.2. The van der Waals surface area contributed by atoms with Gasteiger partial charge in [-0.05, 0) is 24.6 Å². The van der Waals surface area contributed by atoms with E-state index in [4.69, 9.17) is 11.6 Å². The maximum Gasteiger partial charge on any atom is 0.195 e. The van der Waals surface area contributed by atoms with E-state index in [0.29, 0.717) is 27.2 Å². The summed E-state index contributed by atoms with van der Waals surface area (Å²) in [4.78, 5) is 15.9. The van der Waals surface area contributed by atoms with E-state index in [1.165, 1.54) is 0 Å². The van der Waals surface area contributed by atoms with E-state index in [9.17, 15) is 9.90 Å². The molecule has 1 unspecified atom stereocenters. The number of H-pyrrole nitrogens is 1. The molecule has 1 aromatic heterocycles. The van der Waals surface area contributed by atoms with Crippen LogP contribution in [-0.2, 0) is 0 Å². The Bertz CT molecular complexity index is 854. The van der Waals surface area contributed by atoms with Gasteiger partial charge in [-0.15, -0.1) is 0 Å². The van der Waals surface area contributed by atoms with Crippen LogP contribution in [-0.4, -0.2) is 10.1 Å². The van der Waals surface area contributed by atoms with Crippen LogP contribution in [0, 0.1) is 0 Å². The van der Waals surface area contributed by atoms with Crippen LogP contribution in [0.3, 0.4) is 0 Å². The number of hydrogen-bond acceptors (Lipinski definition) is 2. The predicted molar refractivity (Wildman–Crippen MR) is 85.6 cm³/mol. The van der Waals surface area contributed by atoms with Crippen LogP contribution in [0.1, 0.15) is 18.6 Å². The SMILES string of the molecule is CC(O)c1c(-c2ccccc2)[nH]c2c(Cl)cccc2c1=O. The first-order chi connectivity index (χ1) is 10.1. The second-order valence-corrected chi connectivity index (χ2v) is 5.35. The van der Waals surface area contributed by atoms with Crippen molar-refractivity contribution >= 4 is 22.5 Å². The molecule has 0 aliphatic heterocycles. The number of hydrogen-bond donors (Lipinski definition) is 2. The number of nitrogens with one attached hydrogen (secondary N) is 1. The molecule has 0 radical (unpaired) electrons. The van der Waals surface area contributed by atoms with Gasteiger partial charge in [-0.2, -0.15) is 0 Å². The molecule has 21 heavy (non-hydrogen) atoms. The molecule has 0 aliphatic rings. The minimum absolute atomic E-state index is 0.194. The average Bonchev–Trinajstić information content (AvgIpc) is 2.48. The number of aromatic nitrogens is 1. The quantitative estimate of drug-likeness (QED) is 0.754. The van der Waals surface area contributed by atoms with Crippen LogP contribution < -0.4 is 5.43 Å². The summed E-state index contributed by atoms with van der Waals surface area (Å²) in [5, 5.41) is 11.0. The number of halogens is 1. The van der Waals surface area contributed by atoms with Gasteiger partial charge in [0, 0.05) is 5.39 Å². The van der Waals surface area contributed by atoms with Gasteiger partial charge < -0.3 is 10.1 Å². The Kier molecular flexibility index (Phi) is 3.53. The van der Waals surface area contributed by atoms with Crippen LogP contribution in [0.5, 0.6) is 0 Å². The van der Waals surface area contributed by atoms with Crippen LogP contribution >= 0.6 is 11.6 Å². The molecule has 2 N–H and O–H groups in total. The van der Waals surface area contributed by atoms with E-state index in [1.807, 2.05) is 30.3 Å². The van der Waals surface area contributed by atoms with Gasteiger partial charge in [0.1, 0.15) is 0 Å². The lowest BCUT2D eigenvalue weighted by Gasteiger charge is -2.14. The van der Waals surface area contributed by atoms with Crippen LogP contribution in [0.2, 0.25) is 5.02 Å². The molecule has 4 heteroatoms. The zero-order valence-electron chi connectivity index (χ0n) is 11.4. The molecule has 0 aliphatic carbocycles. The second kappa shape index (κ2) is 5.35. The van der Waals surface area contributed by atoms with Gasteiger partial charge in [-0.1, -0.05) is 48.0 Å². The lowest BCUT2D eigenvalue weighted by Crippen LogP contribution is -2.15. The fourth-order valence-corrected chi connectivity index (χ4v) is 2.74. The highest BCUT2D eigenvalue weighted by molar-refractivity contribution is 6.35. The third-order valence-corrected chi connectivity index (χ3v) is 3.82. The van der Waals surface area contributed by atoms with Crippen molar-refractivity contribution in [2.45, 2.75) is 13.0 Å². The number of aromatic amines is 1. The summed E-state index contributed by atoms with van der Waals surface area (Å²) in [6.07, 6.45) is -0.868. The Morgan fingerprint density at radius 3 is 2.48 bits per heavy atom. The summed E-state index contributed by atoms with van der Waals surface area (Å²) >= 11 is 6.19. The number of benzene rings is 2. The summed E-state index contributed by atoms with van der Waals surface area (Å²) < 4.78 is 0. The molecule has 3 rings (SSSR count). The van der Waals surface area contributed by atoms with Crippen molar-refractivity contribution in [1.29, 1.82) is 0 Å². The van der Waals surface area contributed by atoms with E-state index in [-0.39, 0.29) is 5.43 Å². The number of fused-ring (bicyclic) bond motifs is 1. The van der Waals surface area contributed by atoms with Crippen LogP contribution in [0.25, 0.3) is 22.2 Å². The first-order valence-corrected chi connectivity index (χ1v) is 7.05. The van der Waals surface area contributed by atoms with Gasteiger partial charge in [0.15, 0.2) is 5.43 Å². The molecular formula is C17H14ClNO2. The molecule has 1 atom stereocenters. The number of aliphatic hydroxyl groups excluding tert-OH is 1. The summed E-state index contributed by atoms with van der Waals surface area (Å²) in [6.45, 7) is 1.59. The van der Waals surface area contributed by atoms with Gasteiger partial charge in [0.05, 0.1) is 27.9 Å². The second-order valence-electron chi connectivity index (χ2n) is 4.95. The monoisotopic (exact) mass is 299 g/mol. The highest BCUT2D eigenvalue weighted by Gasteiger charge is 2.18. The Morgan fingerprint density at radius 1 is 1.10 bits per heavy atom. The van der Waals surface area contributed by atoms with Crippen molar-refractivity contribution in [3.63, 3.8) is 0 Å². The highest BCUT2D eigenvalue weighted by Crippen LogP contribution is 2.28. The van der Waals surface area contributed by atoms with Gasteiger partial charge >= 0.3 is 0 Å². The lowest BCUT2D eigenvalue weighted by atomic mass is 9.99. The van der Waals surface area contributed by atoms with Gasteiger partial charge in [0.25, 0.3) is 0 Å². The van der Waals surface area contributed by atoms with Crippen molar-refractivity contribution in [2.24, 2.45) is 0 Å². The summed E-state index contributed by atoms with van der Waals surface area (Å²) in [5.41, 5.74) is 2.20. The molecule has 1 heterocycles. The first kappa shape index (κ1) is 13.9. The summed E-state index contributed by atoms with van der Waals surface area (Å²) in [6, 6.07) is 14.6. The van der Waals surface area contributed by atoms with Gasteiger partial charge in [0.2, 0.25) is 0 Å². The molecule has 3 nitrogen and oxygen atoms in total. The molecule has 0 fully saturated rings. The smallest absolute Gasteiger partial charge is 0.195 e. The molecule has 0 saturated carbocycles. The molecule has 2 aromatic carbocycles. The minimum Gasteiger partial charge on any atom is -0.388 e. The normalized spacial score (nSPS) is 12.5. The molecule has 0 amide bonds. The maximum atomic E-state index is 12.7. The minimum atomic E-state index is -0.868. The Hall–Kier alpha value is -2.10. The number of rotatable bonds is 2. The number of pyridine rings is 1. The van der Waals surface area contributed by atoms with Crippen LogP contribution in [0.15, 0.2) is 53.3 Å². The van der Waals surface area contributed by atoms with Crippen molar-refractivity contribution in [1.82, 2.24) is 4.98 Å². The molecule has 0 saturated heterocycles. The standard InChI is InChI=1S/C17H14ClNO2/c1-10(20)14-15(11-6-3-2-4-7-11)19-16-12(17(14)21)8-5-9-13(16)18/h2-10,20H,1H3,(H,19,21). The van der Waals surface area contributed by atoms with E-state index in [0.717, 1.165) is 5.56 Å². The summed E-state index contributed by atoms with van der Waals surface area (Å²) in [7, 11) is 0. The molecule has 3 aromatic rings. The lowest BCUT2D eigenvalue weighted by molar-refractivity contribution is 0.198. The van der Waals surface area contributed by atoms with E-state index < -0.39 is 6.10 Å². The van der Waals surface area contributed by atoms with Crippen LogP contribution in [0.4, 0.5) is 0 Å². The Labute approximate surface area is 126 Å². The van der Waals surface area contributed by atoms with Gasteiger partial charge in [-0.3, -0.25) is 4.79 Å². The van der Waals surface area contributed by atoms with E-state index in [1.54, 1.807) is 25.1 Å². The average molecular weight is 300 g/mol. The maximum absolute atomic E-state index is 12.7. The predicted octanol–water partition coefficient (Wildman–Crippen LogP) is 3.90. The number of aliphatic hydroxyl groups is 1. The number of para-hydroxylation sites is 1. The topological polar surface area (TPSA) is 53.1 Å². The van der Waals surface area contributed by atoms with Crippen molar-refractivity contribution < 1.29 is 5.11 Å². The third kappa shape index (κ3) is 2.35. The third-order valence-electron chi connectivity index (χ3n) is 3.50. The highest BCUT2D eigenvalue weighted by atomic mass is 35.5. The van der Waals surface area contributed by atoms with Crippen molar-refractivity contribution in [3.05, 3.63) is 69.3 Å². The van der Waals surface area contributed by atoms with Crippen molar-refractivity contribution in [2.75, 3.05) is 0 Å². The largest absolute Gasteiger partial charge is 0.388 e. The molecular weight excluding hydrogens is 286 g/mol. The Balaban J connectivity index is 2.46. The van der Waals surface area contributed by atoms with Gasteiger partial charge in [-0.25, -0.2) is 0 Å². The molecule has 106 valence electrons. The first-order valence-electron chi connectivity index (χ1n) is 6.67. The van der Waals surface area contributed by atoms with Crippen molar-refractivity contribution in [3.8, 4) is 11.3 Å². The molecule has 0 spiro atoms. The fraction of sp³-hybridized carbons (Fsp3) is 0.118. The van der Waals surface area contributed by atoms with E-state index in [2.05, 4.69) is 4.98 Å². The zero-order chi connectivity index (χ0) is 15.0.